The van der Waals surface area contributed by atoms with Crippen LogP contribution in [0.25, 0.3) is 0 Å². The molecule has 0 bridgehead atoms. The molecule has 0 spiro atoms. The summed E-state index contributed by atoms with van der Waals surface area (Å²) >= 11 is 0. The largest absolute Gasteiger partial charge is 0.0625 e. The van der Waals surface area contributed by atoms with E-state index in [0.29, 0.717) is 0 Å². The van der Waals surface area contributed by atoms with Crippen molar-refractivity contribution in [2.24, 2.45) is 17.8 Å². The summed E-state index contributed by atoms with van der Waals surface area (Å²) in [5.41, 5.74) is 12.1. The molecule has 0 heterocycles. The summed E-state index contributed by atoms with van der Waals surface area (Å²) in [6.07, 6.45) is 14.8. The lowest BCUT2D eigenvalue weighted by atomic mass is 9.68. The zero-order chi connectivity index (χ0) is 28.3. The molecule has 3 aromatic rings. The normalized spacial score (nSPS) is 23.8. The molecule has 2 aliphatic rings. The highest BCUT2D eigenvalue weighted by molar-refractivity contribution is 5.43. The Kier molecular flexibility index (Phi) is 9.24. The van der Waals surface area contributed by atoms with E-state index in [1.165, 1.54) is 84.7 Å². The standard InChI is InChI=1S/C40H54/c1-7-31-26-36(34-20-18-33(19-21-34)32-16-12-28(2)13-17-32)23-22-35(31)24-30-15-14-29(3)38(25-30)27-37-10-8-9-11-39(37)40(4,5)6/h8-11,14-15,22-23,25-26,28,32-34H,7,12-13,16-21,24,27H2,1-6H3. The van der Waals surface area contributed by atoms with Gasteiger partial charge in [0.1, 0.15) is 0 Å². The third-order valence-electron chi connectivity index (χ3n) is 10.6. The van der Waals surface area contributed by atoms with Crippen LogP contribution in [0.1, 0.15) is 136 Å². The molecule has 0 aliphatic heterocycles. The number of rotatable bonds is 7. The quantitative estimate of drug-likeness (QED) is 0.283. The molecular weight excluding hydrogens is 480 g/mol. The van der Waals surface area contributed by atoms with Crippen LogP contribution in [0.2, 0.25) is 0 Å². The minimum Gasteiger partial charge on any atom is -0.0625 e. The molecule has 2 saturated carbocycles. The van der Waals surface area contributed by atoms with Gasteiger partial charge in [0.15, 0.2) is 0 Å². The number of aryl methyl sites for hydroxylation is 2. The first-order chi connectivity index (χ1) is 19.2. The van der Waals surface area contributed by atoms with Gasteiger partial charge < -0.3 is 0 Å². The summed E-state index contributed by atoms with van der Waals surface area (Å²) in [4.78, 5) is 0. The van der Waals surface area contributed by atoms with Gasteiger partial charge in [-0.3, -0.25) is 0 Å². The first-order valence-electron chi connectivity index (χ1n) is 16.5. The lowest BCUT2D eigenvalue weighted by Crippen LogP contribution is -2.24. The Labute approximate surface area is 246 Å². The Morgan fingerprint density at radius 1 is 0.650 bits per heavy atom. The maximum atomic E-state index is 2.58. The van der Waals surface area contributed by atoms with E-state index >= 15 is 0 Å². The van der Waals surface area contributed by atoms with E-state index < -0.39 is 0 Å². The maximum absolute atomic E-state index is 2.58. The second-order valence-electron chi connectivity index (χ2n) is 14.5. The number of hydrogen-bond donors (Lipinski definition) is 0. The van der Waals surface area contributed by atoms with Gasteiger partial charge in [-0.25, -0.2) is 0 Å². The van der Waals surface area contributed by atoms with Gasteiger partial charge in [-0.1, -0.05) is 108 Å². The molecule has 0 amide bonds. The topological polar surface area (TPSA) is 0 Å². The molecule has 0 aromatic heterocycles. The first-order valence-corrected chi connectivity index (χ1v) is 16.5. The molecule has 0 radical (unpaired) electrons. The second-order valence-corrected chi connectivity index (χ2v) is 14.5. The predicted molar refractivity (Wildman–Crippen MR) is 174 cm³/mol. The van der Waals surface area contributed by atoms with E-state index in [4.69, 9.17) is 0 Å². The third kappa shape index (κ3) is 6.92. The summed E-state index contributed by atoms with van der Waals surface area (Å²) in [7, 11) is 0. The van der Waals surface area contributed by atoms with Crippen LogP contribution in [0.15, 0.2) is 60.7 Å². The Morgan fingerprint density at radius 3 is 2.00 bits per heavy atom. The van der Waals surface area contributed by atoms with E-state index in [1.54, 1.807) is 11.1 Å². The van der Waals surface area contributed by atoms with Crippen LogP contribution in [0.5, 0.6) is 0 Å². The van der Waals surface area contributed by atoms with Gasteiger partial charge in [0, 0.05) is 0 Å². The van der Waals surface area contributed by atoms with E-state index in [9.17, 15) is 0 Å². The SMILES string of the molecule is CCc1cc(C2CCC(C3CCC(C)CC3)CC2)ccc1Cc1ccc(C)c(Cc2ccccc2C(C)(C)C)c1. The van der Waals surface area contributed by atoms with Gasteiger partial charge in [-0.05, 0) is 138 Å². The van der Waals surface area contributed by atoms with Crippen LogP contribution in [0, 0.1) is 24.7 Å². The van der Waals surface area contributed by atoms with Crippen LogP contribution in [0.4, 0.5) is 0 Å². The smallest absolute Gasteiger partial charge is 0.00201 e. The average Bonchev–Trinajstić information content (AvgIpc) is 2.95. The fourth-order valence-electron chi connectivity index (χ4n) is 7.94. The molecule has 2 aliphatic carbocycles. The van der Waals surface area contributed by atoms with E-state index in [-0.39, 0.29) is 5.41 Å². The molecule has 5 rings (SSSR count). The summed E-state index contributed by atoms with van der Waals surface area (Å²) in [6, 6.07) is 23.7. The molecule has 0 atom stereocenters. The maximum Gasteiger partial charge on any atom is -0.00201 e. The molecule has 3 aromatic carbocycles. The van der Waals surface area contributed by atoms with Gasteiger partial charge in [-0.2, -0.15) is 0 Å². The molecule has 0 heteroatoms. The minimum atomic E-state index is 0.160. The summed E-state index contributed by atoms with van der Waals surface area (Å²) < 4.78 is 0. The van der Waals surface area contributed by atoms with Gasteiger partial charge in [0.2, 0.25) is 0 Å². The van der Waals surface area contributed by atoms with Crippen molar-refractivity contribution in [1.29, 1.82) is 0 Å². The van der Waals surface area contributed by atoms with Crippen LogP contribution < -0.4 is 0 Å². The molecular formula is C40H54. The van der Waals surface area contributed by atoms with E-state index in [2.05, 4.69) is 102 Å². The number of benzene rings is 3. The Balaban J connectivity index is 1.27. The molecule has 0 unspecified atom stereocenters. The molecule has 0 nitrogen and oxygen atoms in total. The second kappa shape index (κ2) is 12.7. The summed E-state index contributed by atoms with van der Waals surface area (Å²) in [6.45, 7) is 14.0. The predicted octanol–water partition coefficient (Wildman–Crippen LogP) is 11.1. The highest BCUT2D eigenvalue weighted by atomic mass is 14.4. The Morgan fingerprint density at radius 2 is 1.32 bits per heavy atom. The van der Waals surface area contributed by atoms with Crippen LogP contribution in [0.3, 0.4) is 0 Å². The lowest BCUT2D eigenvalue weighted by molar-refractivity contribution is 0.165. The fraction of sp³-hybridized carbons (Fsp3) is 0.550. The highest BCUT2D eigenvalue weighted by Gasteiger charge is 2.30. The van der Waals surface area contributed by atoms with Gasteiger partial charge in [0.05, 0.1) is 0 Å². The third-order valence-corrected chi connectivity index (χ3v) is 10.6. The molecule has 0 N–H and O–H groups in total. The van der Waals surface area contributed by atoms with Crippen molar-refractivity contribution in [3.05, 3.63) is 105 Å². The summed E-state index contributed by atoms with van der Waals surface area (Å²) in [5, 5.41) is 0. The monoisotopic (exact) mass is 534 g/mol. The Bertz CT molecular complexity index is 1260. The van der Waals surface area contributed by atoms with Crippen LogP contribution in [-0.2, 0) is 24.7 Å². The molecule has 0 saturated heterocycles. The van der Waals surface area contributed by atoms with Crippen molar-refractivity contribution in [2.45, 2.75) is 124 Å². The van der Waals surface area contributed by atoms with Crippen molar-refractivity contribution in [3.8, 4) is 0 Å². The van der Waals surface area contributed by atoms with Crippen molar-refractivity contribution < 1.29 is 0 Å². The van der Waals surface area contributed by atoms with Crippen molar-refractivity contribution in [1.82, 2.24) is 0 Å². The first kappa shape index (κ1) is 29.2. The van der Waals surface area contributed by atoms with E-state index in [1.807, 2.05) is 0 Å². The highest BCUT2D eigenvalue weighted by Crippen LogP contribution is 2.44. The van der Waals surface area contributed by atoms with Gasteiger partial charge >= 0.3 is 0 Å². The molecule has 2 fully saturated rings. The summed E-state index contributed by atoms with van der Waals surface area (Å²) in [5.74, 6) is 3.76. The van der Waals surface area contributed by atoms with Crippen molar-refractivity contribution >= 4 is 0 Å². The van der Waals surface area contributed by atoms with Crippen molar-refractivity contribution in [3.63, 3.8) is 0 Å². The van der Waals surface area contributed by atoms with Crippen LogP contribution in [-0.4, -0.2) is 0 Å². The van der Waals surface area contributed by atoms with Gasteiger partial charge in [-0.15, -0.1) is 0 Å². The minimum absolute atomic E-state index is 0.160. The van der Waals surface area contributed by atoms with Crippen molar-refractivity contribution in [2.75, 3.05) is 0 Å². The average molecular weight is 535 g/mol. The van der Waals surface area contributed by atoms with Gasteiger partial charge in [0.25, 0.3) is 0 Å². The fourth-order valence-corrected chi connectivity index (χ4v) is 7.94. The molecule has 214 valence electrons. The zero-order valence-corrected chi connectivity index (χ0v) is 26.4. The lowest BCUT2D eigenvalue weighted by Gasteiger charge is -2.37. The number of hydrogen-bond acceptors (Lipinski definition) is 0. The van der Waals surface area contributed by atoms with Crippen LogP contribution >= 0.6 is 0 Å². The Hall–Kier alpha value is -2.34. The zero-order valence-electron chi connectivity index (χ0n) is 26.4. The molecule has 40 heavy (non-hydrogen) atoms. The van der Waals surface area contributed by atoms with E-state index in [0.717, 1.165) is 42.9 Å².